The Labute approximate surface area is 110 Å². The summed E-state index contributed by atoms with van der Waals surface area (Å²) < 4.78 is 0. The Kier molecular flexibility index (Phi) is 5.23. The minimum Gasteiger partial charge on any atom is -0.196 e. The van der Waals surface area contributed by atoms with Crippen molar-refractivity contribution >= 4 is 0 Å². The zero-order chi connectivity index (χ0) is 13.4. The van der Waals surface area contributed by atoms with Gasteiger partial charge < -0.3 is 0 Å². The fourth-order valence-corrected chi connectivity index (χ4v) is 2.47. The highest BCUT2D eigenvalue weighted by Crippen LogP contribution is 2.41. The first-order valence-corrected chi connectivity index (χ1v) is 6.27. The van der Waals surface area contributed by atoms with Crippen molar-refractivity contribution in [2.45, 2.75) is 39.0 Å². The minimum atomic E-state index is -1.07. The summed E-state index contributed by atoms with van der Waals surface area (Å²) in [5.41, 5.74) is -0.113. The fourth-order valence-electron chi connectivity index (χ4n) is 2.47. The number of allylic oxidation sites excluding steroid dienone is 3. The van der Waals surface area contributed by atoms with Gasteiger partial charge in [-0.2, -0.15) is 10.5 Å². The van der Waals surface area contributed by atoms with Gasteiger partial charge in [0.25, 0.3) is 0 Å². The summed E-state index contributed by atoms with van der Waals surface area (Å²) in [6, 6.07) is 4.38. The number of hydrogen-bond donors (Lipinski definition) is 0. The summed E-state index contributed by atoms with van der Waals surface area (Å²) in [6.45, 7) is 5.50. The maximum Gasteiger partial charge on any atom is 0.175 e. The van der Waals surface area contributed by atoms with Crippen LogP contribution in [0.4, 0.5) is 0 Å². The molecule has 0 bridgehead atoms. The lowest BCUT2D eigenvalue weighted by molar-refractivity contribution is 0.439. The van der Waals surface area contributed by atoms with Crippen LogP contribution in [0.1, 0.15) is 39.0 Å². The molecule has 0 N–H and O–H groups in total. The van der Waals surface area contributed by atoms with Crippen LogP contribution < -0.4 is 0 Å². The first kappa shape index (κ1) is 14.1. The van der Waals surface area contributed by atoms with E-state index in [2.05, 4.69) is 36.6 Å². The maximum atomic E-state index is 9.43. The molecule has 0 fully saturated rings. The molecule has 2 heteroatoms. The van der Waals surface area contributed by atoms with Gasteiger partial charge in [-0.15, -0.1) is 18.4 Å². The molecule has 0 saturated carbocycles. The molecular formula is C16H18N2. The average Bonchev–Trinajstić information content (AvgIpc) is 2.42. The Morgan fingerprint density at radius 3 is 2.78 bits per heavy atom. The molecule has 1 rings (SSSR count). The van der Waals surface area contributed by atoms with Gasteiger partial charge in [0.1, 0.15) is 0 Å². The molecular weight excluding hydrogens is 220 g/mol. The van der Waals surface area contributed by atoms with Crippen LogP contribution in [0, 0.1) is 45.8 Å². The summed E-state index contributed by atoms with van der Waals surface area (Å²) in [5, 5.41) is 18.9. The molecule has 0 saturated heterocycles. The van der Waals surface area contributed by atoms with E-state index in [1.807, 2.05) is 6.08 Å². The van der Waals surface area contributed by atoms with Crippen molar-refractivity contribution in [3.63, 3.8) is 0 Å². The molecule has 0 heterocycles. The predicted octanol–water partition coefficient (Wildman–Crippen LogP) is 3.74. The lowest BCUT2D eigenvalue weighted by Crippen LogP contribution is -2.26. The van der Waals surface area contributed by atoms with E-state index < -0.39 is 5.41 Å². The first-order chi connectivity index (χ1) is 8.74. The van der Waals surface area contributed by atoms with Gasteiger partial charge in [0.15, 0.2) is 5.41 Å². The summed E-state index contributed by atoms with van der Waals surface area (Å²) in [7, 11) is 0. The van der Waals surface area contributed by atoms with Crippen molar-refractivity contribution in [3.05, 3.63) is 24.3 Å². The molecule has 0 aliphatic heterocycles. The number of hydrogen-bond acceptors (Lipinski definition) is 2. The van der Waals surface area contributed by atoms with E-state index in [-0.39, 0.29) is 5.92 Å². The maximum absolute atomic E-state index is 9.43. The van der Waals surface area contributed by atoms with Gasteiger partial charge in [0, 0.05) is 6.42 Å². The third-order valence-electron chi connectivity index (χ3n) is 3.42. The van der Waals surface area contributed by atoms with Crippen LogP contribution in [0.5, 0.6) is 0 Å². The normalized spacial score (nSPS) is 18.6. The van der Waals surface area contributed by atoms with Gasteiger partial charge >= 0.3 is 0 Å². The lowest BCUT2D eigenvalue weighted by atomic mass is 9.69. The number of rotatable bonds is 4. The van der Waals surface area contributed by atoms with Crippen molar-refractivity contribution in [2.24, 2.45) is 11.3 Å². The Bertz CT molecular complexity index is 460. The van der Waals surface area contributed by atoms with E-state index >= 15 is 0 Å². The highest BCUT2D eigenvalue weighted by atomic mass is 14.4. The highest BCUT2D eigenvalue weighted by molar-refractivity contribution is 5.38. The summed E-state index contributed by atoms with van der Waals surface area (Å²) in [5.74, 6) is 5.94. The monoisotopic (exact) mass is 238 g/mol. The van der Waals surface area contributed by atoms with Gasteiger partial charge in [-0.1, -0.05) is 12.2 Å². The second-order valence-corrected chi connectivity index (χ2v) is 4.54. The van der Waals surface area contributed by atoms with E-state index in [0.717, 1.165) is 31.3 Å². The summed E-state index contributed by atoms with van der Waals surface area (Å²) in [6.07, 6.45) is 8.17. The smallest absolute Gasteiger partial charge is 0.175 e. The molecule has 1 aliphatic carbocycles. The molecule has 0 spiro atoms. The third kappa shape index (κ3) is 2.82. The molecule has 1 atom stereocenters. The highest BCUT2D eigenvalue weighted by Gasteiger charge is 2.38. The Hall–Kier alpha value is -1.98. The Morgan fingerprint density at radius 2 is 2.22 bits per heavy atom. The van der Waals surface area contributed by atoms with Crippen LogP contribution >= 0.6 is 0 Å². The third-order valence-corrected chi connectivity index (χ3v) is 3.42. The lowest BCUT2D eigenvalue weighted by Gasteiger charge is -2.30. The molecule has 0 aromatic carbocycles. The minimum absolute atomic E-state index is 0.272. The second-order valence-electron chi connectivity index (χ2n) is 4.54. The molecule has 92 valence electrons. The van der Waals surface area contributed by atoms with E-state index in [0.29, 0.717) is 6.42 Å². The second kappa shape index (κ2) is 6.68. The van der Waals surface area contributed by atoms with E-state index in [1.54, 1.807) is 6.92 Å². The van der Waals surface area contributed by atoms with Crippen LogP contribution in [0.25, 0.3) is 0 Å². The van der Waals surface area contributed by atoms with Gasteiger partial charge in [-0.25, -0.2) is 0 Å². The van der Waals surface area contributed by atoms with Crippen LogP contribution in [0.2, 0.25) is 0 Å². The predicted molar refractivity (Wildman–Crippen MR) is 72.0 cm³/mol. The first-order valence-electron chi connectivity index (χ1n) is 6.27. The zero-order valence-electron chi connectivity index (χ0n) is 10.9. The quantitative estimate of drug-likeness (QED) is 0.553. The number of nitriles is 2. The standard InChI is InChI=1S/C16H18N2/c1-3-5-11-16(12-17,13-18)15-10-7-6-9-14(15)8-4-2/h4,10,14H,2,6-9,11H2,1H3. The van der Waals surface area contributed by atoms with Crippen LogP contribution in [0.15, 0.2) is 24.3 Å². The van der Waals surface area contributed by atoms with Crippen molar-refractivity contribution in [1.29, 1.82) is 10.5 Å². The van der Waals surface area contributed by atoms with Crippen molar-refractivity contribution in [3.8, 4) is 24.0 Å². The van der Waals surface area contributed by atoms with Crippen molar-refractivity contribution in [2.75, 3.05) is 0 Å². The van der Waals surface area contributed by atoms with Gasteiger partial charge in [0.05, 0.1) is 12.1 Å². The molecule has 0 aromatic heterocycles. The molecule has 1 unspecified atom stereocenters. The molecule has 18 heavy (non-hydrogen) atoms. The van der Waals surface area contributed by atoms with Crippen LogP contribution in [-0.4, -0.2) is 0 Å². The summed E-state index contributed by atoms with van der Waals surface area (Å²) in [4.78, 5) is 0. The molecule has 0 amide bonds. The van der Waals surface area contributed by atoms with Gasteiger partial charge in [-0.05, 0) is 44.1 Å². The number of nitrogens with zero attached hydrogens (tertiary/aromatic N) is 2. The largest absolute Gasteiger partial charge is 0.196 e. The van der Waals surface area contributed by atoms with Crippen LogP contribution in [-0.2, 0) is 0 Å². The molecule has 1 aliphatic rings. The van der Waals surface area contributed by atoms with Crippen LogP contribution in [0.3, 0.4) is 0 Å². The molecule has 0 aromatic rings. The summed E-state index contributed by atoms with van der Waals surface area (Å²) >= 11 is 0. The molecule has 2 nitrogen and oxygen atoms in total. The zero-order valence-corrected chi connectivity index (χ0v) is 10.9. The van der Waals surface area contributed by atoms with Crippen molar-refractivity contribution < 1.29 is 0 Å². The molecule has 0 radical (unpaired) electrons. The van der Waals surface area contributed by atoms with Crippen molar-refractivity contribution in [1.82, 2.24) is 0 Å². The topological polar surface area (TPSA) is 47.6 Å². The Morgan fingerprint density at radius 1 is 1.50 bits per heavy atom. The van der Waals surface area contributed by atoms with Gasteiger partial charge in [-0.3, -0.25) is 0 Å². The van der Waals surface area contributed by atoms with E-state index in [4.69, 9.17) is 0 Å². The Balaban J connectivity index is 3.14. The average molecular weight is 238 g/mol. The SMILES string of the molecule is C=CCC1CCCC=C1C(C#N)(C#N)CC#CC. The van der Waals surface area contributed by atoms with E-state index in [1.165, 1.54) is 0 Å². The van der Waals surface area contributed by atoms with E-state index in [9.17, 15) is 10.5 Å². The fraction of sp³-hybridized carbons (Fsp3) is 0.500. The van der Waals surface area contributed by atoms with Gasteiger partial charge in [0.2, 0.25) is 0 Å².